The molecule has 0 aliphatic heterocycles. The van der Waals surface area contributed by atoms with Crippen LogP contribution in [0.4, 0.5) is 0 Å². The van der Waals surface area contributed by atoms with Gasteiger partial charge in [-0.05, 0) is 30.5 Å². The van der Waals surface area contributed by atoms with Gasteiger partial charge in [-0.3, -0.25) is 4.79 Å². The first-order valence-corrected chi connectivity index (χ1v) is 8.60. The quantitative estimate of drug-likeness (QED) is 0.741. The summed E-state index contributed by atoms with van der Waals surface area (Å²) in [7, 11) is -3.02. The number of carbonyl (C=O) groups is 2. The summed E-state index contributed by atoms with van der Waals surface area (Å²) in [5.41, 5.74) is 1.15. The van der Waals surface area contributed by atoms with Crippen molar-refractivity contribution in [3.05, 3.63) is 35.4 Å². The molecule has 116 valence electrons. The Morgan fingerprint density at radius 3 is 2.33 bits per heavy atom. The van der Waals surface area contributed by atoms with E-state index < -0.39 is 15.8 Å². The fourth-order valence-corrected chi connectivity index (χ4v) is 2.41. The maximum Gasteiger partial charge on any atom is 0.335 e. The third kappa shape index (κ3) is 7.45. The van der Waals surface area contributed by atoms with Crippen LogP contribution in [0.15, 0.2) is 24.3 Å². The van der Waals surface area contributed by atoms with Crippen molar-refractivity contribution < 1.29 is 23.1 Å². The minimum absolute atomic E-state index is 0.0110. The topological polar surface area (TPSA) is 101 Å². The number of hydrogen-bond donors (Lipinski definition) is 2. The predicted octanol–water partition coefficient (Wildman–Crippen LogP) is 0.868. The molecular weight excluding hydrogens is 294 g/mol. The van der Waals surface area contributed by atoms with Crippen LogP contribution in [0.25, 0.3) is 0 Å². The van der Waals surface area contributed by atoms with Crippen LogP contribution in [-0.4, -0.2) is 44.0 Å². The lowest BCUT2D eigenvalue weighted by Gasteiger charge is -2.05. The summed E-state index contributed by atoms with van der Waals surface area (Å²) in [6, 6.07) is 6.45. The number of carbonyl (C=O) groups excluding carboxylic acids is 1. The molecular formula is C14H19NO5S. The van der Waals surface area contributed by atoms with Crippen molar-refractivity contribution in [2.75, 3.05) is 18.6 Å². The van der Waals surface area contributed by atoms with Crippen molar-refractivity contribution in [2.24, 2.45) is 0 Å². The minimum atomic E-state index is -3.02. The van der Waals surface area contributed by atoms with Crippen LogP contribution in [0.5, 0.6) is 0 Å². The van der Waals surface area contributed by atoms with E-state index in [4.69, 9.17) is 5.11 Å². The zero-order valence-electron chi connectivity index (χ0n) is 11.8. The molecule has 0 atom stereocenters. The highest BCUT2D eigenvalue weighted by Crippen LogP contribution is 2.05. The van der Waals surface area contributed by atoms with Gasteiger partial charge in [0.05, 0.1) is 11.3 Å². The second kappa shape index (κ2) is 7.78. The first-order valence-electron chi connectivity index (χ1n) is 6.54. The van der Waals surface area contributed by atoms with Gasteiger partial charge < -0.3 is 10.4 Å². The number of rotatable bonds is 8. The summed E-state index contributed by atoms with van der Waals surface area (Å²) in [5, 5.41) is 11.5. The molecule has 0 radical (unpaired) electrons. The largest absolute Gasteiger partial charge is 0.478 e. The molecule has 21 heavy (non-hydrogen) atoms. The smallest absolute Gasteiger partial charge is 0.335 e. The van der Waals surface area contributed by atoms with E-state index in [1.165, 1.54) is 12.1 Å². The first-order chi connectivity index (χ1) is 9.78. The van der Waals surface area contributed by atoms with Gasteiger partial charge in [0.15, 0.2) is 0 Å². The van der Waals surface area contributed by atoms with Crippen LogP contribution >= 0.6 is 0 Å². The third-order valence-electron chi connectivity index (χ3n) is 2.86. The number of hydrogen-bond acceptors (Lipinski definition) is 4. The molecule has 0 heterocycles. The lowest BCUT2D eigenvalue weighted by molar-refractivity contribution is -0.121. The number of benzene rings is 1. The van der Waals surface area contributed by atoms with E-state index in [2.05, 4.69) is 5.32 Å². The summed E-state index contributed by atoms with van der Waals surface area (Å²) < 4.78 is 21.8. The molecule has 0 aliphatic carbocycles. The average molecular weight is 313 g/mol. The summed E-state index contributed by atoms with van der Waals surface area (Å²) in [5.74, 6) is -1.14. The predicted molar refractivity (Wildman–Crippen MR) is 79.1 cm³/mol. The highest BCUT2D eigenvalue weighted by Gasteiger charge is 2.06. The molecule has 1 aromatic carbocycles. The Kier molecular flexibility index (Phi) is 6.36. The lowest BCUT2D eigenvalue weighted by atomic mass is 10.1. The summed E-state index contributed by atoms with van der Waals surface area (Å²) >= 11 is 0. The van der Waals surface area contributed by atoms with Crippen LogP contribution in [-0.2, 0) is 21.1 Å². The molecule has 0 saturated heterocycles. The Bertz CT molecular complexity index is 592. The van der Waals surface area contributed by atoms with E-state index in [-0.39, 0.29) is 23.6 Å². The fourth-order valence-electron chi connectivity index (χ4n) is 1.74. The van der Waals surface area contributed by atoms with Crippen LogP contribution in [0.1, 0.15) is 28.8 Å². The van der Waals surface area contributed by atoms with Gasteiger partial charge in [-0.15, -0.1) is 0 Å². The number of amides is 1. The molecule has 1 aromatic rings. The number of nitrogens with one attached hydrogen (secondary N) is 1. The van der Waals surface area contributed by atoms with Crippen molar-refractivity contribution >= 4 is 21.7 Å². The standard InChI is InChI=1S/C14H19NO5S/c1-21(19,20)10-2-3-13(16)15-9-8-11-4-6-12(7-5-11)14(17)18/h4-7H,2-3,8-10H2,1H3,(H,15,16)(H,17,18). The summed E-state index contributed by atoms with van der Waals surface area (Å²) in [6.07, 6.45) is 2.24. The second-order valence-electron chi connectivity index (χ2n) is 4.84. The van der Waals surface area contributed by atoms with Crippen molar-refractivity contribution in [1.82, 2.24) is 5.32 Å². The molecule has 0 saturated carbocycles. The van der Waals surface area contributed by atoms with E-state index in [1.54, 1.807) is 12.1 Å². The molecule has 0 aromatic heterocycles. The van der Waals surface area contributed by atoms with Gasteiger partial charge in [0.25, 0.3) is 0 Å². The summed E-state index contributed by atoms with van der Waals surface area (Å²) in [4.78, 5) is 22.2. The molecule has 0 spiro atoms. The van der Waals surface area contributed by atoms with Gasteiger partial charge in [0, 0.05) is 19.2 Å². The van der Waals surface area contributed by atoms with Crippen molar-refractivity contribution in [2.45, 2.75) is 19.3 Å². The maximum absolute atomic E-state index is 11.5. The molecule has 6 nitrogen and oxygen atoms in total. The minimum Gasteiger partial charge on any atom is -0.478 e. The van der Waals surface area contributed by atoms with E-state index in [0.29, 0.717) is 19.4 Å². The Morgan fingerprint density at radius 1 is 1.19 bits per heavy atom. The monoisotopic (exact) mass is 313 g/mol. The maximum atomic E-state index is 11.5. The molecule has 0 bridgehead atoms. The molecule has 2 N–H and O–H groups in total. The SMILES string of the molecule is CS(=O)(=O)CCCC(=O)NCCc1ccc(C(=O)O)cc1. The van der Waals surface area contributed by atoms with Gasteiger partial charge in [-0.1, -0.05) is 12.1 Å². The van der Waals surface area contributed by atoms with E-state index in [1.807, 2.05) is 0 Å². The molecule has 0 aliphatic rings. The third-order valence-corrected chi connectivity index (χ3v) is 3.89. The van der Waals surface area contributed by atoms with E-state index >= 15 is 0 Å². The zero-order chi connectivity index (χ0) is 15.9. The molecule has 0 unspecified atom stereocenters. The van der Waals surface area contributed by atoms with E-state index in [9.17, 15) is 18.0 Å². The Labute approximate surface area is 124 Å². The summed E-state index contributed by atoms with van der Waals surface area (Å²) in [6.45, 7) is 0.435. The van der Waals surface area contributed by atoms with Crippen LogP contribution in [0.3, 0.4) is 0 Å². The molecule has 0 fully saturated rings. The van der Waals surface area contributed by atoms with Gasteiger partial charge >= 0.3 is 5.97 Å². The number of aromatic carboxylic acids is 1. The molecule has 7 heteroatoms. The van der Waals surface area contributed by atoms with Crippen molar-refractivity contribution in [3.8, 4) is 0 Å². The van der Waals surface area contributed by atoms with E-state index in [0.717, 1.165) is 11.8 Å². The first kappa shape index (κ1) is 17.2. The number of carboxylic acid groups (broad SMARTS) is 1. The normalized spacial score (nSPS) is 11.1. The lowest BCUT2D eigenvalue weighted by Crippen LogP contribution is -2.25. The highest BCUT2D eigenvalue weighted by molar-refractivity contribution is 7.90. The second-order valence-corrected chi connectivity index (χ2v) is 7.10. The van der Waals surface area contributed by atoms with Crippen LogP contribution in [0.2, 0.25) is 0 Å². The van der Waals surface area contributed by atoms with Crippen molar-refractivity contribution in [3.63, 3.8) is 0 Å². The Balaban J connectivity index is 2.26. The van der Waals surface area contributed by atoms with Crippen LogP contribution in [0, 0.1) is 0 Å². The van der Waals surface area contributed by atoms with Gasteiger partial charge in [-0.25, -0.2) is 13.2 Å². The molecule has 1 amide bonds. The van der Waals surface area contributed by atoms with Gasteiger partial charge in [0.2, 0.25) is 5.91 Å². The van der Waals surface area contributed by atoms with Gasteiger partial charge in [0.1, 0.15) is 9.84 Å². The zero-order valence-corrected chi connectivity index (χ0v) is 12.6. The Hall–Kier alpha value is -1.89. The highest BCUT2D eigenvalue weighted by atomic mass is 32.2. The fraction of sp³-hybridized carbons (Fsp3) is 0.429. The number of sulfone groups is 1. The van der Waals surface area contributed by atoms with Crippen molar-refractivity contribution in [1.29, 1.82) is 0 Å². The van der Waals surface area contributed by atoms with Gasteiger partial charge in [-0.2, -0.15) is 0 Å². The van der Waals surface area contributed by atoms with Crippen LogP contribution < -0.4 is 5.32 Å². The Morgan fingerprint density at radius 2 is 1.81 bits per heavy atom. The number of carboxylic acids is 1. The molecule has 1 rings (SSSR count). The average Bonchev–Trinajstić information content (AvgIpc) is 2.37.